The van der Waals surface area contributed by atoms with Gasteiger partial charge in [-0.15, -0.1) is 0 Å². The lowest BCUT2D eigenvalue weighted by Gasteiger charge is -1.99. The Hall–Kier alpha value is -0.340. The molecule has 0 atom stereocenters. The van der Waals surface area contributed by atoms with Crippen LogP contribution in [0.5, 0.6) is 0 Å². The third-order valence-electron chi connectivity index (χ3n) is 3.74. The van der Waals surface area contributed by atoms with Crippen molar-refractivity contribution in [3.63, 3.8) is 0 Å². The molecule has 0 spiro atoms. The standard InChI is InChI=1S/C18H35O2/c1-2-3-4-5-6-7-8-9-10-11-12-13-14-15-16-17-18-20-19/h9-10H,2-8,11-18H2,1H3/b10-9-. The highest BCUT2D eigenvalue weighted by Gasteiger charge is 1.91. The predicted octanol–water partition coefficient (Wildman–Crippen LogP) is 6.39. The largest absolute Gasteiger partial charge is 0.204 e. The third-order valence-corrected chi connectivity index (χ3v) is 3.74. The Morgan fingerprint density at radius 1 is 0.650 bits per heavy atom. The van der Waals surface area contributed by atoms with Crippen LogP contribution in [0, 0.1) is 0 Å². The Bertz CT molecular complexity index is 190. The summed E-state index contributed by atoms with van der Waals surface area (Å²) in [7, 11) is 0. The molecule has 0 aromatic heterocycles. The molecule has 0 saturated carbocycles. The van der Waals surface area contributed by atoms with Gasteiger partial charge in [-0.1, -0.05) is 76.9 Å². The molecule has 0 aromatic rings. The van der Waals surface area contributed by atoms with Crippen molar-refractivity contribution in [2.45, 2.75) is 96.8 Å². The van der Waals surface area contributed by atoms with Gasteiger partial charge in [0, 0.05) is 0 Å². The number of hydrogen-bond donors (Lipinski definition) is 0. The summed E-state index contributed by atoms with van der Waals surface area (Å²) < 4.78 is 0. The second-order valence-corrected chi connectivity index (χ2v) is 5.76. The Labute approximate surface area is 126 Å². The maximum atomic E-state index is 9.77. The fourth-order valence-corrected chi connectivity index (χ4v) is 2.41. The molecule has 0 saturated heterocycles. The molecule has 0 aliphatic carbocycles. The predicted molar refractivity (Wildman–Crippen MR) is 86.1 cm³/mol. The van der Waals surface area contributed by atoms with E-state index in [-0.39, 0.29) is 0 Å². The summed E-state index contributed by atoms with van der Waals surface area (Å²) in [6, 6.07) is 0. The van der Waals surface area contributed by atoms with Crippen molar-refractivity contribution in [1.29, 1.82) is 0 Å². The molecule has 2 heteroatoms. The second-order valence-electron chi connectivity index (χ2n) is 5.76. The summed E-state index contributed by atoms with van der Waals surface area (Å²) in [6.07, 6.45) is 22.8. The van der Waals surface area contributed by atoms with Gasteiger partial charge in [0.05, 0.1) is 6.61 Å². The minimum absolute atomic E-state index is 0.376. The molecule has 20 heavy (non-hydrogen) atoms. The summed E-state index contributed by atoms with van der Waals surface area (Å²) >= 11 is 0. The molecule has 0 unspecified atom stereocenters. The molecule has 0 bridgehead atoms. The molecular weight excluding hydrogens is 248 g/mol. The van der Waals surface area contributed by atoms with E-state index >= 15 is 0 Å². The van der Waals surface area contributed by atoms with Crippen molar-refractivity contribution in [1.82, 2.24) is 0 Å². The summed E-state index contributed by atoms with van der Waals surface area (Å²) in [5.74, 6) is 0. The van der Waals surface area contributed by atoms with Crippen LogP contribution in [0.2, 0.25) is 0 Å². The Morgan fingerprint density at radius 2 is 1.10 bits per heavy atom. The summed E-state index contributed by atoms with van der Waals surface area (Å²) in [4.78, 5) is 3.80. The molecule has 0 fully saturated rings. The molecule has 119 valence electrons. The van der Waals surface area contributed by atoms with Gasteiger partial charge < -0.3 is 0 Å². The number of hydrogen-bond acceptors (Lipinski definition) is 1. The monoisotopic (exact) mass is 283 g/mol. The smallest absolute Gasteiger partial charge is 0.0854 e. The van der Waals surface area contributed by atoms with Crippen LogP contribution in [0.15, 0.2) is 12.2 Å². The Morgan fingerprint density at radius 3 is 1.60 bits per heavy atom. The number of allylic oxidation sites excluding steroid dienone is 2. The average molecular weight is 283 g/mol. The first-order chi connectivity index (χ1) is 9.91. The molecule has 0 aromatic carbocycles. The zero-order chi connectivity index (χ0) is 14.7. The van der Waals surface area contributed by atoms with Crippen LogP contribution >= 0.6 is 0 Å². The van der Waals surface area contributed by atoms with Gasteiger partial charge in [0.25, 0.3) is 0 Å². The van der Waals surface area contributed by atoms with Crippen LogP contribution in [-0.2, 0) is 10.1 Å². The van der Waals surface area contributed by atoms with Gasteiger partial charge in [0.1, 0.15) is 0 Å². The quantitative estimate of drug-likeness (QED) is 0.140. The second kappa shape index (κ2) is 18.7. The molecule has 2 nitrogen and oxygen atoms in total. The lowest BCUT2D eigenvalue weighted by molar-refractivity contribution is -0.303. The molecule has 0 aliphatic rings. The van der Waals surface area contributed by atoms with Crippen molar-refractivity contribution >= 4 is 0 Å². The molecular formula is C18H35O2. The highest BCUT2D eigenvalue weighted by Crippen LogP contribution is 2.09. The van der Waals surface area contributed by atoms with Crippen LogP contribution in [0.1, 0.15) is 96.8 Å². The van der Waals surface area contributed by atoms with E-state index in [1.54, 1.807) is 0 Å². The van der Waals surface area contributed by atoms with Crippen molar-refractivity contribution in [2.24, 2.45) is 0 Å². The zero-order valence-electron chi connectivity index (χ0n) is 13.6. The minimum atomic E-state index is 0.376. The first-order valence-corrected chi connectivity index (χ1v) is 8.81. The fraction of sp³-hybridized carbons (Fsp3) is 0.889. The topological polar surface area (TPSA) is 29.1 Å². The van der Waals surface area contributed by atoms with Crippen LogP contribution in [0.3, 0.4) is 0 Å². The van der Waals surface area contributed by atoms with E-state index < -0.39 is 0 Å². The van der Waals surface area contributed by atoms with E-state index in [9.17, 15) is 5.26 Å². The molecule has 0 N–H and O–H groups in total. The first-order valence-electron chi connectivity index (χ1n) is 8.81. The molecule has 0 aliphatic heterocycles. The van der Waals surface area contributed by atoms with Crippen LogP contribution < -0.4 is 0 Å². The lowest BCUT2D eigenvalue weighted by atomic mass is 10.1. The van der Waals surface area contributed by atoms with Crippen molar-refractivity contribution in [3.05, 3.63) is 12.2 Å². The van der Waals surface area contributed by atoms with E-state index in [0.717, 1.165) is 12.8 Å². The third kappa shape index (κ3) is 17.7. The molecule has 0 heterocycles. The van der Waals surface area contributed by atoms with Gasteiger partial charge in [-0.3, -0.25) is 0 Å². The first kappa shape index (κ1) is 19.7. The number of rotatable bonds is 16. The van der Waals surface area contributed by atoms with Crippen molar-refractivity contribution in [3.8, 4) is 0 Å². The summed E-state index contributed by atoms with van der Waals surface area (Å²) in [5, 5.41) is 9.77. The van der Waals surface area contributed by atoms with Gasteiger partial charge in [-0.2, -0.15) is 0 Å². The average Bonchev–Trinajstić information content (AvgIpc) is 2.47. The van der Waals surface area contributed by atoms with E-state index in [2.05, 4.69) is 24.0 Å². The SMILES string of the molecule is CCCCCCCC/C=C\CCCCCCCCO[O]. The van der Waals surface area contributed by atoms with Gasteiger partial charge in [0.2, 0.25) is 0 Å². The minimum Gasteiger partial charge on any atom is -0.204 e. The Kier molecular flexibility index (Phi) is 18.3. The number of unbranched alkanes of at least 4 members (excludes halogenated alkanes) is 12. The van der Waals surface area contributed by atoms with Gasteiger partial charge in [0.15, 0.2) is 0 Å². The fourth-order valence-electron chi connectivity index (χ4n) is 2.41. The molecule has 0 rings (SSSR count). The zero-order valence-corrected chi connectivity index (χ0v) is 13.6. The van der Waals surface area contributed by atoms with E-state index in [4.69, 9.17) is 0 Å². The normalized spacial score (nSPS) is 11.5. The molecule has 0 amide bonds. The van der Waals surface area contributed by atoms with E-state index in [0.29, 0.717) is 6.61 Å². The van der Waals surface area contributed by atoms with Crippen LogP contribution in [0.4, 0.5) is 0 Å². The molecule has 1 radical (unpaired) electrons. The van der Waals surface area contributed by atoms with Gasteiger partial charge in [-0.05, 0) is 37.4 Å². The van der Waals surface area contributed by atoms with E-state index in [1.807, 2.05) is 0 Å². The Balaban J connectivity index is 3.01. The van der Waals surface area contributed by atoms with Gasteiger partial charge >= 0.3 is 0 Å². The van der Waals surface area contributed by atoms with Gasteiger partial charge in [-0.25, -0.2) is 4.89 Å². The van der Waals surface area contributed by atoms with E-state index in [1.165, 1.54) is 77.0 Å². The maximum Gasteiger partial charge on any atom is 0.0854 e. The summed E-state index contributed by atoms with van der Waals surface area (Å²) in [6.45, 7) is 2.64. The van der Waals surface area contributed by atoms with Crippen LogP contribution in [0.25, 0.3) is 0 Å². The highest BCUT2D eigenvalue weighted by molar-refractivity contribution is 4.81. The van der Waals surface area contributed by atoms with Crippen LogP contribution in [-0.4, -0.2) is 6.61 Å². The lowest BCUT2D eigenvalue weighted by Crippen LogP contribution is -1.87. The van der Waals surface area contributed by atoms with Crippen molar-refractivity contribution in [2.75, 3.05) is 6.61 Å². The highest BCUT2D eigenvalue weighted by atomic mass is 17.1. The summed E-state index contributed by atoms with van der Waals surface area (Å²) in [5.41, 5.74) is 0. The maximum absolute atomic E-state index is 9.77. The van der Waals surface area contributed by atoms with Crippen molar-refractivity contribution < 1.29 is 10.1 Å².